The number of carbonyl (C=O) groups excluding carboxylic acids is 3. The molecular formula is C20H17Br2NO8S. The lowest BCUT2D eigenvalue weighted by Crippen LogP contribution is -2.18. The van der Waals surface area contributed by atoms with Crippen molar-refractivity contribution in [2.24, 2.45) is 4.40 Å². The lowest BCUT2D eigenvalue weighted by Gasteiger charge is -2.08. The third-order valence-corrected chi connectivity index (χ3v) is 5.59. The number of benzene rings is 2. The van der Waals surface area contributed by atoms with Crippen molar-refractivity contribution in [2.75, 3.05) is 0 Å². The molecule has 0 aromatic heterocycles. The highest BCUT2D eigenvalue weighted by molar-refractivity contribution is 9.08. The highest BCUT2D eigenvalue weighted by Gasteiger charge is 2.19. The first-order valence-electron chi connectivity index (χ1n) is 8.94. The Labute approximate surface area is 201 Å². The van der Waals surface area contributed by atoms with Crippen molar-refractivity contribution in [2.45, 2.75) is 23.5 Å². The Bertz CT molecular complexity index is 1110. The minimum Gasteiger partial charge on any atom is -0.407 e. The van der Waals surface area contributed by atoms with Crippen LogP contribution in [0.15, 0.2) is 52.9 Å². The van der Waals surface area contributed by atoms with Crippen LogP contribution in [0.25, 0.3) is 0 Å². The Hall–Kier alpha value is -2.41. The third kappa shape index (κ3) is 8.61. The molecule has 0 unspecified atom stereocenters. The molecule has 0 radical (unpaired) electrons. The molecule has 0 atom stereocenters. The first-order chi connectivity index (χ1) is 15.1. The maximum Gasteiger partial charge on any atom is 0.381 e. The molecule has 0 aliphatic heterocycles. The van der Waals surface area contributed by atoms with Crippen molar-refractivity contribution >= 4 is 66.0 Å². The maximum atomic E-state index is 12.2. The predicted molar refractivity (Wildman–Crippen MR) is 122 cm³/mol. The molecule has 32 heavy (non-hydrogen) atoms. The van der Waals surface area contributed by atoms with Crippen LogP contribution in [0.2, 0.25) is 0 Å². The van der Waals surface area contributed by atoms with E-state index in [1.165, 1.54) is 24.3 Å². The molecule has 0 aliphatic rings. The summed E-state index contributed by atoms with van der Waals surface area (Å²) in [7, 11) is -4.90. The zero-order valence-corrected chi connectivity index (χ0v) is 20.4. The van der Waals surface area contributed by atoms with Gasteiger partial charge in [0.05, 0.1) is 17.5 Å². The lowest BCUT2D eigenvalue weighted by atomic mass is 10.1. The van der Waals surface area contributed by atoms with E-state index in [4.69, 9.17) is 14.0 Å². The number of hydrogen-bond donors (Lipinski definition) is 1. The van der Waals surface area contributed by atoms with E-state index in [0.717, 1.165) is 11.1 Å². The van der Waals surface area contributed by atoms with Crippen LogP contribution in [0.3, 0.4) is 0 Å². The second kappa shape index (κ2) is 12.0. The molecule has 2 aromatic carbocycles. The minimum atomic E-state index is -4.90. The fourth-order valence-corrected chi connectivity index (χ4v) is 3.43. The van der Waals surface area contributed by atoms with E-state index >= 15 is 0 Å². The zero-order valence-electron chi connectivity index (χ0n) is 16.4. The quantitative estimate of drug-likeness (QED) is 0.122. The van der Waals surface area contributed by atoms with Gasteiger partial charge < -0.3 is 9.47 Å². The smallest absolute Gasteiger partial charge is 0.381 e. The predicted octanol–water partition coefficient (Wildman–Crippen LogP) is 4.00. The molecule has 0 fully saturated rings. The number of halogens is 2. The number of rotatable bonds is 8. The molecule has 9 nitrogen and oxygen atoms in total. The summed E-state index contributed by atoms with van der Waals surface area (Å²) in [6.07, 6.45) is -1.05. The maximum absolute atomic E-state index is 12.2. The molecule has 0 aliphatic carbocycles. The molecule has 0 amide bonds. The zero-order chi connectivity index (χ0) is 23.7. The van der Waals surface area contributed by atoms with Crippen molar-refractivity contribution in [1.29, 1.82) is 0 Å². The van der Waals surface area contributed by atoms with Crippen LogP contribution in [0.1, 0.15) is 44.7 Å². The van der Waals surface area contributed by atoms with Crippen LogP contribution in [0.5, 0.6) is 0 Å². The molecule has 0 heterocycles. The fraction of sp³-hybridized carbons (Fsp3) is 0.200. The summed E-state index contributed by atoms with van der Waals surface area (Å²) in [5, 5.41) is 1.16. The summed E-state index contributed by atoms with van der Waals surface area (Å²) in [6.45, 7) is 0. The van der Waals surface area contributed by atoms with Crippen LogP contribution >= 0.6 is 31.9 Å². The SMILES string of the molecule is O=C(CCC(=NS(=O)(=O)O)OC(=O)c1ccc(CBr)cc1)OC(=O)c1ccc(CBr)cc1. The molecule has 2 rings (SSSR count). The highest BCUT2D eigenvalue weighted by atomic mass is 79.9. The normalized spacial score (nSPS) is 11.7. The fourth-order valence-electron chi connectivity index (χ4n) is 2.29. The second-order valence-electron chi connectivity index (χ2n) is 6.25. The Morgan fingerprint density at radius 2 is 1.22 bits per heavy atom. The number of esters is 3. The van der Waals surface area contributed by atoms with E-state index in [1.807, 2.05) is 0 Å². The first kappa shape index (κ1) is 25.8. The minimum absolute atomic E-state index is 0.0995. The molecule has 2 aromatic rings. The molecule has 170 valence electrons. The topological polar surface area (TPSA) is 136 Å². The van der Waals surface area contributed by atoms with E-state index in [2.05, 4.69) is 36.3 Å². The van der Waals surface area contributed by atoms with Crippen molar-refractivity contribution in [3.8, 4) is 0 Å². The largest absolute Gasteiger partial charge is 0.407 e. The summed E-state index contributed by atoms with van der Waals surface area (Å²) in [4.78, 5) is 36.3. The third-order valence-electron chi connectivity index (χ3n) is 3.87. The van der Waals surface area contributed by atoms with E-state index in [-0.39, 0.29) is 11.1 Å². The van der Waals surface area contributed by atoms with Gasteiger partial charge in [-0.2, -0.15) is 8.42 Å². The van der Waals surface area contributed by atoms with E-state index < -0.39 is 47.0 Å². The number of alkyl halides is 2. The molecule has 12 heteroatoms. The number of hydrogen-bond acceptors (Lipinski definition) is 7. The van der Waals surface area contributed by atoms with Crippen LogP contribution in [-0.2, 0) is 35.2 Å². The van der Waals surface area contributed by atoms with Crippen LogP contribution in [-0.4, -0.2) is 36.8 Å². The molecule has 1 N–H and O–H groups in total. The van der Waals surface area contributed by atoms with Gasteiger partial charge in [0, 0.05) is 17.1 Å². The second-order valence-corrected chi connectivity index (χ2v) is 8.44. The van der Waals surface area contributed by atoms with Crippen molar-refractivity contribution in [3.63, 3.8) is 0 Å². The summed E-state index contributed by atoms with van der Waals surface area (Å²) in [6, 6.07) is 12.5. The average Bonchev–Trinajstić information content (AvgIpc) is 2.76. The van der Waals surface area contributed by atoms with Gasteiger partial charge in [-0.25, -0.2) is 9.59 Å². The number of ether oxygens (including phenoxy) is 2. The standard InChI is InChI=1S/C20H17Br2NO8S/c21-11-13-1-5-15(6-2-13)19(25)30-17(23-32(27,28)29)9-10-18(24)31-20(26)16-7-3-14(12-22)4-8-16/h1-8H,9-12H2,(H,27,28,29). The average molecular weight is 591 g/mol. The summed E-state index contributed by atoms with van der Waals surface area (Å²) in [5.74, 6) is -3.56. The van der Waals surface area contributed by atoms with Gasteiger partial charge in [0.1, 0.15) is 0 Å². The summed E-state index contributed by atoms with van der Waals surface area (Å²) in [5.41, 5.74) is 2.06. The molecule has 0 saturated heterocycles. The lowest BCUT2D eigenvalue weighted by molar-refractivity contribution is -0.137. The van der Waals surface area contributed by atoms with E-state index in [9.17, 15) is 22.8 Å². The molecule has 0 saturated carbocycles. The van der Waals surface area contributed by atoms with Gasteiger partial charge >= 0.3 is 28.2 Å². The van der Waals surface area contributed by atoms with Gasteiger partial charge in [0.25, 0.3) is 0 Å². The monoisotopic (exact) mass is 589 g/mol. The highest BCUT2D eigenvalue weighted by Crippen LogP contribution is 2.12. The van der Waals surface area contributed by atoms with E-state index in [1.54, 1.807) is 24.3 Å². The molecular weight excluding hydrogens is 574 g/mol. The van der Waals surface area contributed by atoms with Crippen molar-refractivity contribution < 1.29 is 36.8 Å². The van der Waals surface area contributed by atoms with Crippen LogP contribution in [0.4, 0.5) is 0 Å². The van der Waals surface area contributed by atoms with E-state index in [0.29, 0.717) is 10.7 Å². The van der Waals surface area contributed by atoms with Gasteiger partial charge in [0.15, 0.2) is 0 Å². The van der Waals surface area contributed by atoms with Gasteiger partial charge in [-0.15, -0.1) is 4.40 Å². The van der Waals surface area contributed by atoms with Gasteiger partial charge in [-0.3, -0.25) is 9.35 Å². The van der Waals surface area contributed by atoms with Crippen LogP contribution < -0.4 is 0 Å². The Balaban J connectivity index is 2.01. The number of carbonyl (C=O) groups is 3. The summed E-state index contributed by atoms with van der Waals surface area (Å²) >= 11 is 6.54. The van der Waals surface area contributed by atoms with Gasteiger partial charge in [-0.05, 0) is 35.4 Å². The van der Waals surface area contributed by atoms with Crippen molar-refractivity contribution in [1.82, 2.24) is 0 Å². The molecule has 0 bridgehead atoms. The van der Waals surface area contributed by atoms with Gasteiger partial charge in [0.2, 0.25) is 5.90 Å². The summed E-state index contributed by atoms with van der Waals surface area (Å²) < 4.78 is 43.7. The van der Waals surface area contributed by atoms with Gasteiger partial charge in [-0.1, -0.05) is 56.1 Å². The Morgan fingerprint density at radius 1 is 0.781 bits per heavy atom. The van der Waals surface area contributed by atoms with Crippen molar-refractivity contribution in [3.05, 3.63) is 70.8 Å². The first-order valence-corrected chi connectivity index (χ1v) is 12.6. The Morgan fingerprint density at radius 3 is 1.62 bits per heavy atom. The Kier molecular flexibility index (Phi) is 9.69. The van der Waals surface area contributed by atoms with Crippen LogP contribution in [0, 0.1) is 0 Å². The number of nitrogens with zero attached hydrogens (tertiary/aromatic N) is 1. The molecule has 0 spiro atoms.